The molecule has 0 bridgehead atoms. The molecule has 4 heterocycles. The molecule has 184 valence electrons. The molecule has 2 aliphatic heterocycles. The molecule has 2 aromatic heterocycles. The molecule has 0 unspecified atom stereocenters. The molecular formula is C25H34N4O4S. The number of likely N-dealkylation sites (tertiary alicyclic amines) is 1. The third-order valence-corrected chi connectivity index (χ3v) is 8.64. The maximum absolute atomic E-state index is 13.1. The number of thiophene rings is 1. The summed E-state index contributed by atoms with van der Waals surface area (Å²) < 4.78 is 7.34. The molecule has 34 heavy (non-hydrogen) atoms. The summed E-state index contributed by atoms with van der Waals surface area (Å²) in [7, 11) is 0. The average Bonchev–Trinajstić information content (AvgIpc) is 3.22. The van der Waals surface area contributed by atoms with Gasteiger partial charge in [0.15, 0.2) is 0 Å². The zero-order valence-electron chi connectivity index (χ0n) is 20.1. The van der Waals surface area contributed by atoms with E-state index >= 15 is 0 Å². The highest BCUT2D eigenvalue weighted by molar-refractivity contribution is 7.18. The number of ether oxygens (including phenoxy) is 1. The Balaban J connectivity index is 1.16. The second-order valence-electron chi connectivity index (χ2n) is 10.0. The molecule has 1 aliphatic carbocycles. The van der Waals surface area contributed by atoms with Crippen LogP contribution >= 0.6 is 11.3 Å². The molecule has 5 rings (SSSR count). The molecular weight excluding hydrogens is 452 g/mol. The minimum atomic E-state index is -0.0273. The fourth-order valence-electron chi connectivity index (χ4n) is 5.71. The number of rotatable bonds is 4. The lowest BCUT2D eigenvalue weighted by atomic mass is 9.94. The summed E-state index contributed by atoms with van der Waals surface area (Å²) in [5.41, 5.74) is 1.16. The fourth-order valence-corrected chi connectivity index (χ4v) is 6.93. The lowest BCUT2D eigenvalue weighted by molar-refractivity contribution is -0.150. The van der Waals surface area contributed by atoms with Crippen molar-refractivity contribution in [1.82, 2.24) is 19.4 Å². The summed E-state index contributed by atoms with van der Waals surface area (Å²) in [5, 5.41) is 0.765. The Morgan fingerprint density at radius 2 is 1.79 bits per heavy atom. The van der Waals surface area contributed by atoms with E-state index in [1.54, 1.807) is 22.2 Å². The van der Waals surface area contributed by atoms with E-state index in [2.05, 4.69) is 4.98 Å². The maximum atomic E-state index is 13.1. The lowest BCUT2D eigenvalue weighted by Crippen LogP contribution is -2.51. The van der Waals surface area contributed by atoms with Crippen molar-refractivity contribution < 1.29 is 14.3 Å². The normalized spacial score (nSPS) is 23.8. The van der Waals surface area contributed by atoms with E-state index in [1.165, 1.54) is 16.9 Å². The number of nitrogens with zero attached hydrogens (tertiary/aromatic N) is 4. The number of aromatic nitrogens is 2. The molecule has 3 aliphatic rings. The molecule has 8 nitrogen and oxygen atoms in total. The zero-order valence-corrected chi connectivity index (χ0v) is 20.9. The maximum Gasteiger partial charge on any atom is 0.262 e. The van der Waals surface area contributed by atoms with Gasteiger partial charge in [0.2, 0.25) is 11.8 Å². The minimum absolute atomic E-state index is 0.0181. The van der Waals surface area contributed by atoms with Crippen molar-refractivity contribution in [3.8, 4) is 0 Å². The first-order valence-electron chi connectivity index (χ1n) is 12.6. The molecule has 2 aromatic rings. The number of hydrogen-bond acceptors (Lipinski definition) is 6. The van der Waals surface area contributed by atoms with Gasteiger partial charge in [0.25, 0.3) is 5.56 Å². The van der Waals surface area contributed by atoms with Gasteiger partial charge in [0, 0.05) is 49.9 Å². The van der Waals surface area contributed by atoms with E-state index < -0.39 is 0 Å². The molecule has 2 saturated heterocycles. The topological polar surface area (TPSA) is 84.7 Å². The number of hydrogen-bond donors (Lipinski definition) is 0. The molecule has 2 fully saturated rings. The number of carbonyl (C=O) groups excluding carboxylic acids is 2. The van der Waals surface area contributed by atoms with Crippen LogP contribution in [0.4, 0.5) is 0 Å². The summed E-state index contributed by atoms with van der Waals surface area (Å²) in [6, 6.07) is 0. The van der Waals surface area contributed by atoms with Crippen molar-refractivity contribution in [2.75, 3.05) is 26.2 Å². The first-order valence-corrected chi connectivity index (χ1v) is 13.4. The molecule has 0 radical (unpaired) electrons. The van der Waals surface area contributed by atoms with Crippen LogP contribution in [-0.4, -0.2) is 69.6 Å². The van der Waals surface area contributed by atoms with Crippen molar-refractivity contribution >= 4 is 33.4 Å². The fraction of sp³-hybridized carbons (Fsp3) is 0.680. The van der Waals surface area contributed by atoms with Gasteiger partial charge in [-0.1, -0.05) is 0 Å². The van der Waals surface area contributed by atoms with Gasteiger partial charge in [-0.15, -0.1) is 11.3 Å². The van der Waals surface area contributed by atoms with Crippen LogP contribution in [-0.2, 0) is 33.7 Å². The molecule has 0 spiro atoms. The first kappa shape index (κ1) is 23.5. The van der Waals surface area contributed by atoms with E-state index in [0.29, 0.717) is 45.6 Å². The lowest BCUT2D eigenvalue weighted by Gasteiger charge is -2.39. The first-order chi connectivity index (χ1) is 16.4. The monoisotopic (exact) mass is 486 g/mol. The van der Waals surface area contributed by atoms with E-state index in [1.807, 2.05) is 23.6 Å². The van der Waals surface area contributed by atoms with Crippen LogP contribution in [0, 0.1) is 5.92 Å². The summed E-state index contributed by atoms with van der Waals surface area (Å²) in [5.74, 6) is 0.207. The van der Waals surface area contributed by atoms with Gasteiger partial charge in [0.1, 0.15) is 4.83 Å². The highest BCUT2D eigenvalue weighted by atomic mass is 32.1. The number of carbonyl (C=O) groups is 2. The van der Waals surface area contributed by atoms with E-state index in [4.69, 9.17) is 4.74 Å². The highest BCUT2D eigenvalue weighted by Crippen LogP contribution is 2.33. The smallest absolute Gasteiger partial charge is 0.262 e. The van der Waals surface area contributed by atoms with E-state index in [0.717, 1.165) is 29.5 Å². The van der Waals surface area contributed by atoms with Gasteiger partial charge in [-0.3, -0.25) is 19.0 Å². The highest BCUT2D eigenvalue weighted by Gasteiger charge is 2.33. The van der Waals surface area contributed by atoms with Gasteiger partial charge in [-0.25, -0.2) is 4.98 Å². The van der Waals surface area contributed by atoms with Gasteiger partial charge in [0.05, 0.1) is 23.9 Å². The standard InChI is InChI=1S/C25H34N4O4S/c1-16-13-29(14-17(2)33-16)24(31)18-7-10-27(11-8-18)21(30)9-12-28-15-26-23-22(25(28)32)19-5-3-4-6-20(19)34-23/h15-18H,3-14H2,1-2H3/t16-,17-/m0/s1. The van der Waals surface area contributed by atoms with Crippen molar-refractivity contribution in [1.29, 1.82) is 0 Å². The predicted molar refractivity (Wildman–Crippen MR) is 131 cm³/mol. The van der Waals surface area contributed by atoms with Crippen molar-refractivity contribution in [3.63, 3.8) is 0 Å². The summed E-state index contributed by atoms with van der Waals surface area (Å²) in [4.78, 5) is 49.4. The zero-order chi connectivity index (χ0) is 23.8. The van der Waals surface area contributed by atoms with Gasteiger partial charge in [-0.2, -0.15) is 0 Å². The van der Waals surface area contributed by atoms with Crippen molar-refractivity contribution in [3.05, 3.63) is 27.1 Å². The van der Waals surface area contributed by atoms with Gasteiger partial charge in [-0.05, 0) is 57.9 Å². The summed E-state index contributed by atoms with van der Waals surface area (Å²) in [6.45, 7) is 6.81. The van der Waals surface area contributed by atoms with Crippen LogP contribution in [0.15, 0.2) is 11.1 Å². The van der Waals surface area contributed by atoms with Crippen molar-refractivity contribution in [2.45, 2.75) is 77.5 Å². The van der Waals surface area contributed by atoms with E-state index in [9.17, 15) is 14.4 Å². The summed E-state index contributed by atoms with van der Waals surface area (Å²) >= 11 is 1.64. The van der Waals surface area contributed by atoms with Crippen LogP contribution in [0.2, 0.25) is 0 Å². The molecule has 0 saturated carbocycles. The van der Waals surface area contributed by atoms with Crippen LogP contribution in [0.1, 0.15) is 56.4 Å². The van der Waals surface area contributed by atoms with Gasteiger partial charge < -0.3 is 14.5 Å². The molecule has 2 amide bonds. The minimum Gasteiger partial charge on any atom is -0.372 e. The molecule has 0 aromatic carbocycles. The van der Waals surface area contributed by atoms with Crippen LogP contribution in [0.25, 0.3) is 10.2 Å². The number of aryl methyl sites for hydroxylation is 3. The number of piperidine rings is 1. The Labute approximate surface area is 203 Å². The Morgan fingerprint density at radius 1 is 1.09 bits per heavy atom. The molecule has 2 atom stereocenters. The SMILES string of the molecule is C[C@H]1CN(C(=O)C2CCN(C(=O)CCn3cnc4sc5c(c4c3=O)CCCC5)CC2)C[C@H](C)O1. The summed E-state index contributed by atoms with van der Waals surface area (Å²) in [6.07, 6.45) is 7.66. The van der Waals surface area contributed by atoms with Gasteiger partial charge >= 0.3 is 0 Å². The Bertz CT molecular complexity index is 1120. The average molecular weight is 487 g/mol. The third kappa shape index (κ3) is 4.64. The second kappa shape index (κ2) is 9.77. The number of morpholine rings is 1. The Kier molecular flexibility index (Phi) is 6.75. The second-order valence-corrected chi connectivity index (χ2v) is 11.1. The van der Waals surface area contributed by atoms with Crippen molar-refractivity contribution in [2.24, 2.45) is 5.92 Å². The van der Waals surface area contributed by atoms with Crippen LogP contribution in [0.5, 0.6) is 0 Å². The largest absolute Gasteiger partial charge is 0.372 e. The predicted octanol–water partition coefficient (Wildman–Crippen LogP) is 2.60. The quantitative estimate of drug-likeness (QED) is 0.663. The molecule has 0 N–H and O–H groups in total. The van der Waals surface area contributed by atoms with E-state index in [-0.39, 0.29) is 41.9 Å². The van der Waals surface area contributed by atoms with Crippen LogP contribution < -0.4 is 5.56 Å². The Hall–Kier alpha value is -2.26. The number of fused-ring (bicyclic) bond motifs is 3. The van der Waals surface area contributed by atoms with Crippen LogP contribution in [0.3, 0.4) is 0 Å². The molecule has 9 heteroatoms. The number of amides is 2. The third-order valence-electron chi connectivity index (χ3n) is 7.44. The Morgan fingerprint density at radius 3 is 2.53 bits per heavy atom.